The number of thiophene rings is 1. The van der Waals surface area contributed by atoms with E-state index in [9.17, 15) is 5.26 Å². The first-order chi connectivity index (χ1) is 25.9. The van der Waals surface area contributed by atoms with E-state index in [2.05, 4.69) is 183 Å². The number of hydrogen-bond acceptors (Lipinski definition) is 3. The van der Waals surface area contributed by atoms with Crippen LogP contribution in [0.25, 0.3) is 44.8 Å². The van der Waals surface area contributed by atoms with E-state index >= 15 is 0 Å². The molecule has 0 aliphatic heterocycles. The Bertz CT molecular complexity index is 2700. The van der Waals surface area contributed by atoms with Crippen LogP contribution in [-0.2, 0) is 17.3 Å². The fourth-order valence-electron chi connectivity index (χ4n) is 9.25. The second-order valence-corrected chi connectivity index (χ2v) is 16.2. The quantitative estimate of drug-likeness (QED) is 0.182. The topological polar surface area (TPSA) is 35.8 Å². The molecule has 0 saturated carbocycles. The summed E-state index contributed by atoms with van der Waals surface area (Å²) in [7, 11) is 0. The molecule has 6 aromatic carbocycles. The lowest BCUT2D eigenvalue weighted by Crippen LogP contribution is -2.30. The highest BCUT2D eigenvalue weighted by molar-refractivity contribution is 7.15. The summed E-state index contributed by atoms with van der Waals surface area (Å²) in [5.74, 6) is 0. The average Bonchev–Trinajstić information content (AvgIpc) is 3.81. The molecule has 10 rings (SSSR count). The van der Waals surface area contributed by atoms with Crippen LogP contribution in [0.5, 0.6) is 0 Å². The van der Waals surface area contributed by atoms with Gasteiger partial charge in [0.05, 0.1) is 11.5 Å². The summed E-state index contributed by atoms with van der Waals surface area (Å²) in [5, 5.41) is 13.2. The van der Waals surface area contributed by atoms with E-state index in [1.807, 2.05) is 0 Å². The molecule has 0 atom stereocenters. The number of nitriles is 1. The van der Waals surface area contributed by atoms with E-state index in [0.29, 0.717) is 12.0 Å². The summed E-state index contributed by atoms with van der Waals surface area (Å²) in [5.41, 5.74) is 18.8. The molecule has 0 amide bonds. The van der Waals surface area contributed by atoms with Gasteiger partial charge in [0.15, 0.2) is 0 Å². The van der Waals surface area contributed by atoms with E-state index in [0.717, 1.165) is 16.3 Å². The van der Waals surface area contributed by atoms with Crippen LogP contribution < -0.4 is 5.32 Å². The van der Waals surface area contributed by atoms with E-state index in [4.69, 9.17) is 0 Å². The molecule has 1 spiro atoms. The lowest BCUT2D eigenvalue weighted by atomic mass is 9.65. The number of rotatable bonds is 5. The largest absolute Gasteiger partial charge is 0.356 e. The highest BCUT2D eigenvalue weighted by atomic mass is 32.1. The first kappa shape index (κ1) is 31.5. The monoisotopic (exact) mass is 696 g/mol. The van der Waals surface area contributed by atoms with Gasteiger partial charge in [-0.2, -0.15) is 5.26 Å². The zero-order chi connectivity index (χ0) is 35.9. The summed E-state index contributed by atoms with van der Waals surface area (Å²) in [4.78, 5) is 2.33. The van der Waals surface area contributed by atoms with Crippen molar-refractivity contribution < 1.29 is 0 Å². The minimum Gasteiger partial charge on any atom is -0.356 e. The SMILES string of the molecule is C=C(C#N)Cc1ccc(-c2ccc3c(c2)C2(c4cc(Nc5ccc6c(c5)C(C)(C)c5ccccc5-6)ccc4C=C3)c3ccccc3-c3ccccc32)s1. The number of benzene rings is 6. The Labute approximate surface area is 315 Å². The van der Waals surface area contributed by atoms with Gasteiger partial charge < -0.3 is 5.32 Å². The summed E-state index contributed by atoms with van der Waals surface area (Å²) < 4.78 is 0. The Morgan fingerprint density at radius 1 is 0.604 bits per heavy atom. The van der Waals surface area contributed by atoms with Gasteiger partial charge in [0.1, 0.15) is 0 Å². The van der Waals surface area contributed by atoms with Gasteiger partial charge in [-0.15, -0.1) is 11.3 Å². The normalized spacial score (nSPS) is 14.6. The molecule has 53 heavy (non-hydrogen) atoms. The van der Waals surface area contributed by atoms with Crippen LogP contribution in [0.3, 0.4) is 0 Å². The van der Waals surface area contributed by atoms with Crippen molar-refractivity contribution in [2.24, 2.45) is 0 Å². The molecule has 7 aromatic rings. The van der Waals surface area contributed by atoms with Gasteiger partial charge in [0.2, 0.25) is 0 Å². The molecule has 0 unspecified atom stereocenters. The van der Waals surface area contributed by atoms with Crippen molar-refractivity contribution >= 4 is 34.9 Å². The van der Waals surface area contributed by atoms with Crippen molar-refractivity contribution in [3.05, 3.63) is 201 Å². The molecule has 3 aliphatic carbocycles. The number of allylic oxidation sites excluding steroid dienone is 1. The Morgan fingerprint density at radius 3 is 1.83 bits per heavy atom. The van der Waals surface area contributed by atoms with Crippen molar-refractivity contribution in [2.45, 2.75) is 31.1 Å². The molecule has 1 heterocycles. The Morgan fingerprint density at radius 2 is 1.15 bits per heavy atom. The third kappa shape index (κ3) is 4.62. The number of nitrogens with one attached hydrogen (secondary N) is 1. The highest BCUT2D eigenvalue weighted by Crippen LogP contribution is 2.59. The van der Waals surface area contributed by atoms with Crippen LogP contribution in [0.1, 0.15) is 63.2 Å². The summed E-state index contributed by atoms with van der Waals surface area (Å²) in [6.45, 7) is 8.59. The Balaban J connectivity index is 1.16. The van der Waals surface area contributed by atoms with Gasteiger partial charge >= 0.3 is 0 Å². The van der Waals surface area contributed by atoms with E-state index in [1.54, 1.807) is 11.3 Å². The van der Waals surface area contributed by atoms with E-state index in [1.165, 1.54) is 77.2 Å². The average molecular weight is 697 g/mol. The summed E-state index contributed by atoms with van der Waals surface area (Å²) in [6.07, 6.45) is 5.17. The molecule has 0 fully saturated rings. The molecule has 0 saturated heterocycles. The van der Waals surface area contributed by atoms with Crippen molar-refractivity contribution in [3.63, 3.8) is 0 Å². The third-order valence-corrected chi connectivity index (χ3v) is 12.8. The standard InChI is InChI=1S/C50H36N2S/c1-31(30-51)26-37-23-25-48(53-37)34-19-18-32-16-17-33-20-21-35(52-36-22-24-41-38-10-4-7-13-42(38)49(2,3)47(41)29-36)28-46(33)50(45(32)27-34)43-14-8-5-11-39(43)40-12-6-9-15-44(40)50/h4-25,27-29,52H,1,26H2,2-3H3. The molecule has 1 aromatic heterocycles. The van der Waals surface area contributed by atoms with Crippen molar-refractivity contribution in [1.29, 1.82) is 5.26 Å². The number of fused-ring (bicyclic) bond motifs is 12. The lowest BCUT2D eigenvalue weighted by Gasteiger charge is -2.36. The fraction of sp³-hybridized carbons (Fsp3) is 0.100. The first-order valence-electron chi connectivity index (χ1n) is 18.2. The Kier molecular flexibility index (Phi) is 6.93. The molecule has 1 N–H and O–H groups in total. The fourth-order valence-corrected chi connectivity index (χ4v) is 10.3. The van der Waals surface area contributed by atoms with E-state index < -0.39 is 5.41 Å². The predicted octanol–water partition coefficient (Wildman–Crippen LogP) is 12.9. The summed E-state index contributed by atoms with van der Waals surface area (Å²) >= 11 is 1.74. The van der Waals surface area contributed by atoms with Gasteiger partial charge in [-0.25, -0.2) is 0 Å². The second kappa shape index (κ2) is 11.7. The maximum absolute atomic E-state index is 9.37. The smallest absolute Gasteiger partial charge is 0.0944 e. The molecular weight excluding hydrogens is 661 g/mol. The zero-order valence-electron chi connectivity index (χ0n) is 29.7. The van der Waals surface area contributed by atoms with Gasteiger partial charge in [-0.05, 0) is 115 Å². The van der Waals surface area contributed by atoms with Crippen molar-refractivity contribution in [3.8, 4) is 38.8 Å². The van der Waals surface area contributed by atoms with E-state index in [-0.39, 0.29) is 5.41 Å². The maximum atomic E-state index is 9.37. The molecule has 2 nitrogen and oxygen atoms in total. The molecule has 3 heteroatoms. The molecular formula is C50H36N2S. The van der Waals surface area contributed by atoms with Crippen LogP contribution in [0.15, 0.2) is 152 Å². The van der Waals surface area contributed by atoms with Crippen LogP contribution in [0.4, 0.5) is 11.4 Å². The molecule has 252 valence electrons. The Hall–Kier alpha value is -6.21. The van der Waals surface area contributed by atoms with Crippen LogP contribution in [0.2, 0.25) is 0 Å². The van der Waals surface area contributed by atoms with Crippen LogP contribution >= 0.6 is 11.3 Å². The molecule has 3 aliphatic rings. The predicted molar refractivity (Wildman–Crippen MR) is 222 cm³/mol. The van der Waals surface area contributed by atoms with Gasteiger partial charge in [-0.3, -0.25) is 0 Å². The minimum atomic E-state index is -0.550. The lowest BCUT2D eigenvalue weighted by molar-refractivity contribution is 0.660. The number of nitrogens with zero attached hydrogens (tertiary/aromatic N) is 1. The number of hydrogen-bond donors (Lipinski definition) is 1. The van der Waals surface area contributed by atoms with Gasteiger partial charge in [0.25, 0.3) is 0 Å². The maximum Gasteiger partial charge on any atom is 0.0944 e. The van der Waals surface area contributed by atoms with Crippen molar-refractivity contribution in [1.82, 2.24) is 0 Å². The van der Waals surface area contributed by atoms with Crippen LogP contribution in [0, 0.1) is 11.3 Å². The zero-order valence-corrected chi connectivity index (χ0v) is 30.5. The third-order valence-electron chi connectivity index (χ3n) is 11.7. The van der Waals surface area contributed by atoms with Gasteiger partial charge in [-0.1, -0.05) is 130 Å². The molecule has 0 bridgehead atoms. The van der Waals surface area contributed by atoms with Crippen molar-refractivity contribution in [2.75, 3.05) is 5.32 Å². The molecule has 0 radical (unpaired) electrons. The van der Waals surface area contributed by atoms with Gasteiger partial charge in [0, 0.05) is 38.5 Å². The highest BCUT2D eigenvalue weighted by Gasteiger charge is 2.48. The van der Waals surface area contributed by atoms with Crippen LogP contribution in [-0.4, -0.2) is 0 Å². The number of anilines is 2. The second-order valence-electron chi connectivity index (χ2n) is 15.0. The first-order valence-corrected chi connectivity index (χ1v) is 19.0. The minimum absolute atomic E-state index is 0.0715. The summed E-state index contributed by atoms with van der Waals surface area (Å²) in [6, 6.07) is 54.0.